The first-order valence-corrected chi connectivity index (χ1v) is 7.56. The molecule has 1 aliphatic heterocycles. The lowest BCUT2D eigenvalue weighted by molar-refractivity contribution is -0.132. The normalized spacial score (nSPS) is 15.2. The Hall–Kier alpha value is -2.22. The first-order chi connectivity index (χ1) is 10.7. The number of amides is 1. The van der Waals surface area contributed by atoms with E-state index in [0.29, 0.717) is 37.4 Å². The number of aryl methyl sites for hydroxylation is 1. The first-order valence-electron chi connectivity index (χ1n) is 7.56. The monoisotopic (exact) mass is 302 g/mol. The Morgan fingerprint density at radius 3 is 2.55 bits per heavy atom. The van der Waals surface area contributed by atoms with Crippen LogP contribution < -0.4 is 9.47 Å². The molecule has 2 rings (SSSR count). The van der Waals surface area contributed by atoms with Crippen LogP contribution in [-0.4, -0.2) is 38.1 Å². The highest BCUT2D eigenvalue weighted by molar-refractivity contribution is 5.76. The van der Waals surface area contributed by atoms with E-state index in [-0.39, 0.29) is 11.8 Å². The predicted molar refractivity (Wildman–Crippen MR) is 82.8 cm³/mol. The summed E-state index contributed by atoms with van der Waals surface area (Å²) < 4.78 is 10.5. The van der Waals surface area contributed by atoms with Crippen molar-refractivity contribution in [2.24, 2.45) is 5.92 Å². The van der Waals surface area contributed by atoms with Gasteiger partial charge in [-0.25, -0.2) is 0 Å². The Balaban J connectivity index is 1.88. The highest BCUT2D eigenvalue weighted by atomic mass is 16.5. The summed E-state index contributed by atoms with van der Waals surface area (Å²) in [5, 5.41) is 8.88. The zero-order valence-electron chi connectivity index (χ0n) is 13.2. The Labute approximate surface area is 131 Å². The maximum atomic E-state index is 12.2. The van der Waals surface area contributed by atoms with E-state index in [1.165, 1.54) is 0 Å². The molecule has 1 amide bonds. The average molecular weight is 302 g/mol. The van der Waals surface area contributed by atoms with Gasteiger partial charge in [-0.1, -0.05) is 6.07 Å². The molecule has 1 aliphatic rings. The Kier molecular flexibility index (Phi) is 5.65. The number of methoxy groups -OCH3 is 2. The van der Waals surface area contributed by atoms with Crippen LogP contribution >= 0.6 is 0 Å². The molecule has 0 N–H and O–H groups in total. The molecule has 0 unspecified atom stereocenters. The lowest BCUT2D eigenvalue weighted by atomic mass is 9.98. The van der Waals surface area contributed by atoms with Crippen LogP contribution in [0, 0.1) is 17.2 Å². The summed E-state index contributed by atoms with van der Waals surface area (Å²) >= 11 is 0. The second-order valence-electron chi connectivity index (χ2n) is 5.47. The molecule has 0 radical (unpaired) electrons. The average Bonchev–Trinajstić information content (AvgIpc) is 2.59. The minimum absolute atomic E-state index is 0.106. The Morgan fingerprint density at radius 2 is 1.95 bits per heavy atom. The second kappa shape index (κ2) is 7.69. The molecule has 0 spiro atoms. The van der Waals surface area contributed by atoms with Crippen LogP contribution in [0.2, 0.25) is 0 Å². The van der Waals surface area contributed by atoms with Crippen LogP contribution in [0.4, 0.5) is 0 Å². The standard InChI is InChI=1S/C17H22N2O3/c1-21-15-5-3-13(11-16(15)22-2)4-6-17(20)19-9-7-14(12-18)8-10-19/h3,5,11,14H,4,6-10H2,1-2H3. The van der Waals surface area contributed by atoms with E-state index >= 15 is 0 Å². The third-order valence-electron chi connectivity index (χ3n) is 4.11. The molecule has 5 heteroatoms. The van der Waals surface area contributed by atoms with Crippen molar-refractivity contribution in [1.82, 2.24) is 4.90 Å². The Morgan fingerprint density at radius 1 is 1.27 bits per heavy atom. The second-order valence-corrected chi connectivity index (χ2v) is 5.47. The summed E-state index contributed by atoms with van der Waals surface area (Å²) in [6, 6.07) is 8.00. The molecule has 1 saturated heterocycles. The van der Waals surface area contributed by atoms with Gasteiger partial charge in [0.2, 0.25) is 5.91 Å². The van der Waals surface area contributed by atoms with Crippen molar-refractivity contribution in [2.45, 2.75) is 25.7 Å². The van der Waals surface area contributed by atoms with Crippen molar-refractivity contribution in [1.29, 1.82) is 5.26 Å². The van der Waals surface area contributed by atoms with Crippen LogP contribution in [-0.2, 0) is 11.2 Å². The summed E-state index contributed by atoms with van der Waals surface area (Å²) in [5.41, 5.74) is 1.05. The highest BCUT2D eigenvalue weighted by Crippen LogP contribution is 2.28. The van der Waals surface area contributed by atoms with E-state index in [2.05, 4.69) is 6.07 Å². The van der Waals surface area contributed by atoms with Crippen molar-refractivity contribution in [2.75, 3.05) is 27.3 Å². The maximum Gasteiger partial charge on any atom is 0.222 e. The van der Waals surface area contributed by atoms with Gasteiger partial charge in [0, 0.05) is 25.4 Å². The third kappa shape index (κ3) is 3.91. The number of carbonyl (C=O) groups is 1. The number of hydrogen-bond acceptors (Lipinski definition) is 4. The fraction of sp³-hybridized carbons (Fsp3) is 0.529. The molecule has 0 saturated carbocycles. The van der Waals surface area contributed by atoms with Crippen molar-refractivity contribution < 1.29 is 14.3 Å². The molecule has 0 aliphatic carbocycles. The van der Waals surface area contributed by atoms with Crippen molar-refractivity contribution in [3.8, 4) is 17.6 Å². The number of ether oxygens (including phenoxy) is 2. The summed E-state index contributed by atoms with van der Waals surface area (Å²) in [5.74, 6) is 1.64. The molecule has 0 atom stereocenters. The maximum absolute atomic E-state index is 12.2. The lowest BCUT2D eigenvalue weighted by Gasteiger charge is -2.29. The van der Waals surface area contributed by atoms with Crippen molar-refractivity contribution in [3.63, 3.8) is 0 Å². The molecule has 5 nitrogen and oxygen atoms in total. The molecule has 118 valence electrons. The quantitative estimate of drug-likeness (QED) is 0.838. The number of piperidine rings is 1. The van der Waals surface area contributed by atoms with Gasteiger partial charge in [-0.2, -0.15) is 5.26 Å². The van der Waals surface area contributed by atoms with E-state index < -0.39 is 0 Å². The largest absolute Gasteiger partial charge is 0.493 e. The summed E-state index contributed by atoms with van der Waals surface area (Å²) in [7, 11) is 3.21. The SMILES string of the molecule is COc1ccc(CCC(=O)N2CCC(C#N)CC2)cc1OC. The fourth-order valence-electron chi connectivity index (χ4n) is 2.70. The fourth-order valence-corrected chi connectivity index (χ4v) is 2.70. The van der Waals surface area contributed by atoms with Gasteiger partial charge in [-0.15, -0.1) is 0 Å². The first kappa shape index (κ1) is 16.2. The zero-order valence-corrected chi connectivity index (χ0v) is 13.2. The van der Waals surface area contributed by atoms with Gasteiger partial charge in [-0.05, 0) is 37.0 Å². The molecule has 1 heterocycles. The van der Waals surface area contributed by atoms with Gasteiger partial charge < -0.3 is 14.4 Å². The van der Waals surface area contributed by atoms with E-state index in [9.17, 15) is 4.79 Å². The molecular formula is C17H22N2O3. The molecule has 1 fully saturated rings. The predicted octanol–water partition coefficient (Wildman–Crippen LogP) is 2.40. The topological polar surface area (TPSA) is 62.6 Å². The van der Waals surface area contributed by atoms with Crippen molar-refractivity contribution >= 4 is 5.91 Å². The van der Waals surface area contributed by atoms with E-state index in [4.69, 9.17) is 14.7 Å². The number of benzene rings is 1. The van der Waals surface area contributed by atoms with Crippen LogP contribution in [0.15, 0.2) is 18.2 Å². The number of likely N-dealkylation sites (tertiary alicyclic amines) is 1. The molecule has 1 aromatic carbocycles. The number of nitrogens with zero attached hydrogens (tertiary/aromatic N) is 2. The van der Waals surface area contributed by atoms with E-state index in [1.54, 1.807) is 14.2 Å². The van der Waals surface area contributed by atoms with Crippen LogP contribution in [0.1, 0.15) is 24.8 Å². The molecule has 0 aromatic heterocycles. The van der Waals surface area contributed by atoms with Gasteiger partial charge >= 0.3 is 0 Å². The van der Waals surface area contributed by atoms with Gasteiger partial charge in [0.15, 0.2) is 11.5 Å². The smallest absolute Gasteiger partial charge is 0.222 e. The van der Waals surface area contributed by atoms with Crippen LogP contribution in [0.3, 0.4) is 0 Å². The molecule has 0 bridgehead atoms. The van der Waals surface area contributed by atoms with Gasteiger partial charge in [-0.3, -0.25) is 4.79 Å². The molecular weight excluding hydrogens is 280 g/mol. The van der Waals surface area contributed by atoms with Gasteiger partial charge in [0.1, 0.15) is 0 Å². The number of rotatable bonds is 5. The van der Waals surface area contributed by atoms with Crippen LogP contribution in [0.5, 0.6) is 11.5 Å². The lowest BCUT2D eigenvalue weighted by Crippen LogP contribution is -2.38. The summed E-state index contributed by atoms with van der Waals surface area (Å²) in [6.07, 6.45) is 2.74. The summed E-state index contributed by atoms with van der Waals surface area (Å²) in [4.78, 5) is 14.1. The Bertz CT molecular complexity index is 558. The number of hydrogen-bond donors (Lipinski definition) is 0. The minimum Gasteiger partial charge on any atom is -0.493 e. The minimum atomic E-state index is 0.106. The number of nitriles is 1. The third-order valence-corrected chi connectivity index (χ3v) is 4.11. The van der Waals surface area contributed by atoms with E-state index in [0.717, 1.165) is 18.4 Å². The molecule has 1 aromatic rings. The zero-order chi connectivity index (χ0) is 15.9. The summed E-state index contributed by atoms with van der Waals surface area (Å²) in [6.45, 7) is 1.39. The van der Waals surface area contributed by atoms with E-state index in [1.807, 2.05) is 23.1 Å². The number of carbonyl (C=O) groups excluding carboxylic acids is 1. The van der Waals surface area contributed by atoms with Gasteiger partial charge in [0.25, 0.3) is 0 Å². The molecule has 22 heavy (non-hydrogen) atoms. The van der Waals surface area contributed by atoms with Crippen molar-refractivity contribution in [3.05, 3.63) is 23.8 Å². The highest BCUT2D eigenvalue weighted by Gasteiger charge is 2.22. The van der Waals surface area contributed by atoms with Gasteiger partial charge in [0.05, 0.1) is 20.3 Å². The van der Waals surface area contributed by atoms with Crippen LogP contribution in [0.25, 0.3) is 0 Å².